The molecule has 0 aliphatic heterocycles. The zero-order chi connectivity index (χ0) is 15.8. The molecule has 21 heavy (non-hydrogen) atoms. The maximum atomic E-state index is 12.4. The van der Waals surface area contributed by atoms with Gasteiger partial charge in [0.15, 0.2) is 0 Å². The Bertz CT molecular complexity index is 538. The van der Waals surface area contributed by atoms with Crippen molar-refractivity contribution in [2.24, 2.45) is 5.92 Å². The second-order valence-electron chi connectivity index (χ2n) is 5.85. The van der Waals surface area contributed by atoms with Crippen molar-refractivity contribution in [2.75, 3.05) is 6.61 Å². The molecular formula is C18H25NO2. The van der Waals surface area contributed by atoms with Crippen LogP contribution in [0.1, 0.15) is 55.1 Å². The number of carbonyl (C=O) groups excluding carboxylic acids is 1. The molecule has 0 bridgehead atoms. The predicted molar refractivity (Wildman–Crippen MR) is 86.1 cm³/mol. The smallest absolute Gasteiger partial charge is 0.252 e. The van der Waals surface area contributed by atoms with E-state index in [-0.39, 0.29) is 18.6 Å². The first-order valence-corrected chi connectivity index (χ1v) is 7.45. The van der Waals surface area contributed by atoms with Crippen molar-refractivity contribution in [2.45, 2.75) is 46.6 Å². The van der Waals surface area contributed by atoms with Gasteiger partial charge in [-0.15, -0.1) is 0 Å². The lowest BCUT2D eigenvalue weighted by atomic mass is 10.0. The summed E-state index contributed by atoms with van der Waals surface area (Å²) >= 11 is 0. The Balaban J connectivity index is 2.82. The summed E-state index contributed by atoms with van der Waals surface area (Å²) in [6.45, 7) is 8.12. The fourth-order valence-electron chi connectivity index (χ4n) is 2.05. The summed E-state index contributed by atoms with van der Waals surface area (Å²) in [6.07, 6.45) is 2.05. The van der Waals surface area contributed by atoms with Gasteiger partial charge in [-0.2, -0.15) is 0 Å². The number of aliphatic hydroxyl groups is 1. The van der Waals surface area contributed by atoms with Crippen LogP contribution in [0.15, 0.2) is 18.2 Å². The standard InChI is InChI=1S/C18H25NO2/c1-13(2)7-9-15(4)19-18(21)17-10-8-14(3)12-16(17)6-5-11-20/h8,10,12-13,15,20H,7,9,11H2,1-4H3,(H,19,21). The summed E-state index contributed by atoms with van der Waals surface area (Å²) in [5.74, 6) is 5.98. The lowest BCUT2D eigenvalue weighted by Crippen LogP contribution is -2.33. The number of nitrogens with one attached hydrogen (secondary N) is 1. The van der Waals surface area contributed by atoms with Gasteiger partial charge in [-0.1, -0.05) is 31.8 Å². The largest absolute Gasteiger partial charge is 0.384 e. The van der Waals surface area contributed by atoms with E-state index in [0.717, 1.165) is 18.4 Å². The monoisotopic (exact) mass is 287 g/mol. The van der Waals surface area contributed by atoms with Crippen LogP contribution in [0.4, 0.5) is 0 Å². The molecule has 0 saturated heterocycles. The van der Waals surface area contributed by atoms with Crippen molar-refractivity contribution in [1.29, 1.82) is 0 Å². The highest BCUT2D eigenvalue weighted by Gasteiger charge is 2.13. The van der Waals surface area contributed by atoms with Crippen molar-refractivity contribution in [1.82, 2.24) is 5.32 Å². The van der Waals surface area contributed by atoms with E-state index in [1.165, 1.54) is 0 Å². The van der Waals surface area contributed by atoms with E-state index in [9.17, 15) is 4.79 Å². The van der Waals surface area contributed by atoms with E-state index in [1.54, 1.807) is 6.07 Å². The molecule has 0 aromatic heterocycles. The normalized spacial score (nSPS) is 11.7. The predicted octanol–water partition coefficient (Wildman–Crippen LogP) is 2.89. The molecule has 1 atom stereocenters. The van der Waals surface area contributed by atoms with E-state index in [0.29, 0.717) is 17.0 Å². The number of aryl methyl sites for hydroxylation is 1. The molecule has 1 aromatic carbocycles. The molecule has 2 N–H and O–H groups in total. The van der Waals surface area contributed by atoms with Crippen LogP contribution in [0.25, 0.3) is 0 Å². The fraction of sp³-hybridized carbons (Fsp3) is 0.500. The molecule has 0 spiro atoms. The first-order valence-electron chi connectivity index (χ1n) is 7.45. The molecule has 1 rings (SSSR count). The van der Waals surface area contributed by atoms with Gasteiger partial charge in [0.25, 0.3) is 5.91 Å². The van der Waals surface area contributed by atoms with E-state index in [4.69, 9.17) is 5.11 Å². The molecule has 0 heterocycles. The Morgan fingerprint density at radius 1 is 1.29 bits per heavy atom. The van der Waals surface area contributed by atoms with Gasteiger partial charge in [-0.3, -0.25) is 4.79 Å². The highest BCUT2D eigenvalue weighted by molar-refractivity contribution is 5.97. The maximum Gasteiger partial charge on any atom is 0.252 e. The number of hydrogen-bond acceptors (Lipinski definition) is 2. The Hall–Kier alpha value is -1.79. The summed E-state index contributed by atoms with van der Waals surface area (Å²) in [4.78, 5) is 12.4. The first-order chi connectivity index (χ1) is 9.93. The number of amides is 1. The SMILES string of the molecule is Cc1ccc(C(=O)NC(C)CCC(C)C)c(C#CCO)c1. The third kappa shape index (κ3) is 6.01. The highest BCUT2D eigenvalue weighted by atomic mass is 16.2. The lowest BCUT2D eigenvalue weighted by Gasteiger charge is -2.16. The van der Waals surface area contributed by atoms with Crippen LogP contribution >= 0.6 is 0 Å². The molecule has 0 aliphatic rings. The van der Waals surface area contributed by atoms with Gasteiger partial charge >= 0.3 is 0 Å². The van der Waals surface area contributed by atoms with Gasteiger partial charge in [-0.25, -0.2) is 0 Å². The minimum Gasteiger partial charge on any atom is -0.384 e. The summed E-state index contributed by atoms with van der Waals surface area (Å²) in [5, 5.41) is 11.8. The maximum absolute atomic E-state index is 12.4. The van der Waals surface area contributed by atoms with Crippen LogP contribution in [0.5, 0.6) is 0 Å². The molecule has 0 fully saturated rings. The Kier molecular flexibility index (Phi) is 6.98. The molecule has 0 aliphatic carbocycles. The van der Waals surface area contributed by atoms with E-state index < -0.39 is 0 Å². The van der Waals surface area contributed by atoms with Crippen molar-refractivity contribution in [3.8, 4) is 11.8 Å². The van der Waals surface area contributed by atoms with Gasteiger partial charge in [0.05, 0.1) is 5.56 Å². The van der Waals surface area contributed by atoms with Crippen LogP contribution in [0, 0.1) is 24.7 Å². The lowest BCUT2D eigenvalue weighted by molar-refractivity contribution is 0.0937. The van der Waals surface area contributed by atoms with Gasteiger partial charge in [0, 0.05) is 11.6 Å². The molecule has 1 amide bonds. The van der Waals surface area contributed by atoms with Gasteiger partial charge < -0.3 is 10.4 Å². The molecular weight excluding hydrogens is 262 g/mol. The Morgan fingerprint density at radius 3 is 2.62 bits per heavy atom. The van der Waals surface area contributed by atoms with Crippen molar-refractivity contribution in [3.05, 3.63) is 34.9 Å². The van der Waals surface area contributed by atoms with Gasteiger partial charge in [-0.05, 0) is 50.3 Å². The quantitative estimate of drug-likeness (QED) is 0.818. The molecule has 3 heteroatoms. The molecule has 3 nitrogen and oxygen atoms in total. The van der Waals surface area contributed by atoms with Gasteiger partial charge in [0.1, 0.15) is 6.61 Å². The fourth-order valence-corrected chi connectivity index (χ4v) is 2.05. The summed E-state index contributed by atoms with van der Waals surface area (Å²) in [6, 6.07) is 5.70. The van der Waals surface area contributed by atoms with E-state index >= 15 is 0 Å². The zero-order valence-electron chi connectivity index (χ0n) is 13.4. The third-order valence-electron chi connectivity index (χ3n) is 3.28. The number of rotatable bonds is 5. The molecule has 0 radical (unpaired) electrons. The number of benzene rings is 1. The summed E-state index contributed by atoms with van der Waals surface area (Å²) < 4.78 is 0. The van der Waals surface area contributed by atoms with Crippen LogP contribution in [-0.2, 0) is 0 Å². The van der Waals surface area contributed by atoms with E-state index in [1.807, 2.05) is 26.0 Å². The number of hydrogen-bond donors (Lipinski definition) is 2. The van der Waals surface area contributed by atoms with E-state index in [2.05, 4.69) is 31.0 Å². The average Bonchev–Trinajstić information content (AvgIpc) is 2.42. The first kappa shape index (κ1) is 17.3. The average molecular weight is 287 g/mol. The number of aliphatic hydroxyl groups excluding tert-OH is 1. The van der Waals surface area contributed by atoms with Crippen LogP contribution in [0.2, 0.25) is 0 Å². The zero-order valence-corrected chi connectivity index (χ0v) is 13.4. The van der Waals surface area contributed by atoms with Crippen molar-refractivity contribution >= 4 is 5.91 Å². The second kappa shape index (κ2) is 8.49. The highest BCUT2D eigenvalue weighted by Crippen LogP contribution is 2.12. The summed E-state index contributed by atoms with van der Waals surface area (Å²) in [5.41, 5.74) is 2.28. The van der Waals surface area contributed by atoms with Crippen molar-refractivity contribution in [3.63, 3.8) is 0 Å². The van der Waals surface area contributed by atoms with Crippen molar-refractivity contribution < 1.29 is 9.90 Å². The Labute approximate surface area is 127 Å². The molecule has 0 saturated carbocycles. The van der Waals surface area contributed by atoms with Crippen LogP contribution < -0.4 is 5.32 Å². The van der Waals surface area contributed by atoms with Gasteiger partial charge in [0.2, 0.25) is 0 Å². The van der Waals surface area contributed by atoms with Crippen LogP contribution in [-0.4, -0.2) is 23.7 Å². The molecule has 1 aromatic rings. The minimum atomic E-state index is -0.209. The second-order valence-corrected chi connectivity index (χ2v) is 5.85. The Morgan fingerprint density at radius 2 is 2.00 bits per heavy atom. The minimum absolute atomic E-state index is 0.103. The molecule has 1 unspecified atom stereocenters. The summed E-state index contributed by atoms with van der Waals surface area (Å²) in [7, 11) is 0. The third-order valence-corrected chi connectivity index (χ3v) is 3.28. The number of carbonyl (C=O) groups is 1. The molecule has 114 valence electrons. The van der Waals surface area contributed by atoms with Crippen LogP contribution in [0.3, 0.4) is 0 Å². The topological polar surface area (TPSA) is 49.3 Å².